The second-order valence-corrected chi connectivity index (χ2v) is 5.18. The van der Waals surface area contributed by atoms with Crippen molar-refractivity contribution in [1.29, 1.82) is 0 Å². The number of carbonyl (C=O) groups excluding carboxylic acids is 1. The van der Waals surface area contributed by atoms with Gasteiger partial charge in [0, 0.05) is 29.2 Å². The third-order valence-corrected chi connectivity index (χ3v) is 3.26. The lowest BCUT2D eigenvalue weighted by atomic mass is 10.1. The first kappa shape index (κ1) is 18.8. The molecule has 1 rings (SSSR count). The van der Waals surface area contributed by atoms with Gasteiger partial charge in [-0.15, -0.1) is 12.4 Å². The summed E-state index contributed by atoms with van der Waals surface area (Å²) >= 11 is 3.23. The predicted molar refractivity (Wildman–Crippen MR) is 83.0 cm³/mol. The highest BCUT2D eigenvalue weighted by Crippen LogP contribution is 2.23. The summed E-state index contributed by atoms with van der Waals surface area (Å²) in [6.45, 7) is 2.40. The maximum Gasteiger partial charge on any atom is 0.270 e. The molecule has 0 saturated carbocycles. The number of amides is 1. The van der Waals surface area contributed by atoms with Crippen LogP contribution in [-0.4, -0.2) is 23.4 Å². The van der Waals surface area contributed by atoms with Gasteiger partial charge in [0.2, 0.25) is 5.91 Å². The van der Waals surface area contributed by atoms with Crippen molar-refractivity contribution in [2.45, 2.75) is 25.8 Å². The van der Waals surface area contributed by atoms with Gasteiger partial charge >= 0.3 is 0 Å². The third-order valence-electron chi connectivity index (χ3n) is 2.52. The lowest BCUT2D eigenvalue weighted by molar-refractivity contribution is -0.384. The largest absolute Gasteiger partial charge is 0.356 e. The highest BCUT2D eigenvalue weighted by atomic mass is 79.9. The maximum absolute atomic E-state index is 11.7. The smallest absolute Gasteiger partial charge is 0.270 e. The van der Waals surface area contributed by atoms with E-state index < -0.39 is 4.92 Å². The van der Waals surface area contributed by atoms with Crippen molar-refractivity contribution >= 4 is 39.9 Å². The molecule has 8 heteroatoms. The van der Waals surface area contributed by atoms with E-state index in [4.69, 9.17) is 5.73 Å². The van der Waals surface area contributed by atoms with Crippen LogP contribution in [0.1, 0.15) is 18.9 Å². The summed E-state index contributed by atoms with van der Waals surface area (Å²) in [6, 6.07) is 4.40. The summed E-state index contributed by atoms with van der Waals surface area (Å²) < 4.78 is 0.559. The average Bonchev–Trinajstić information content (AvgIpc) is 2.31. The molecule has 1 unspecified atom stereocenters. The fourth-order valence-electron chi connectivity index (χ4n) is 1.47. The Morgan fingerprint density at radius 1 is 1.55 bits per heavy atom. The van der Waals surface area contributed by atoms with Gasteiger partial charge in [0.1, 0.15) is 0 Å². The zero-order valence-electron chi connectivity index (χ0n) is 11.0. The molecule has 20 heavy (non-hydrogen) atoms. The van der Waals surface area contributed by atoms with Crippen molar-refractivity contribution in [1.82, 2.24) is 5.32 Å². The number of nitro groups is 1. The van der Waals surface area contributed by atoms with E-state index in [0.29, 0.717) is 23.0 Å². The Kier molecular flexibility index (Phi) is 8.36. The van der Waals surface area contributed by atoms with Crippen LogP contribution >= 0.6 is 28.3 Å². The Hall–Kier alpha value is -1.18. The van der Waals surface area contributed by atoms with Crippen molar-refractivity contribution in [3.8, 4) is 0 Å². The quantitative estimate of drug-likeness (QED) is 0.595. The van der Waals surface area contributed by atoms with Crippen LogP contribution in [0.5, 0.6) is 0 Å². The molecule has 1 aromatic rings. The maximum atomic E-state index is 11.7. The normalized spacial score (nSPS) is 11.3. The van der Waals surface area contributed by atoms with Crippen molar-refractivity contribution in [3.63, 3.8) is 0 Å². The van der Waals surface area contributed by atoms with E-state index in [0.717, 1.165) is 0 Å². The molecule has 0 aliphatic rings. The molecule has 0 radical (unpaired) electrons. The number of benzene rings is 1. The molecule has 0 aliphatic carbocycles. The Morgan fingerprint density at radius 2 is 2.20 bits per heavy atom. The Bertz CT molecular complexity index is 483. The van der Waals surface area contributed by atoms with Crippen LogP contribution in [0.2, 0.25) is 0 Å². The molecule has 0 fully saturated rings. The minimum Gasteiger partial charge on any atom is -0.356 e. The summed E-state index contributed by atoms with van der Waals surface area (Å²) in [5.74, 6) is -0.129. The summed E-state index contributed by atoms with van der Waals surface area (Å²) in [4.78, 5) is 21.8. The van der Waals surface area contributed by atoms with E-state index in [-0.39, 0.29) is 36.5 Å². The summed E-state index contributed by atoms with van der Waals surface area (Å²) in [5, 5.41) is 13.3. The van der Waals surface area contributed by atoms with Crippen LogP contribution in [0, 0.1) is 10.1 Å². The molecule has 0 aromatic heterocycles. The van der Waals surface area contributed by atoms with Crippen molar-refractivity contribution in [2.75, 3.05) is 6.54 Å². The zero-order valence-corrected chi connectivity index (χ0v) is 13.4. The van der Waals surface area contributed by atoms with Gasteiger partial charge in [-0.2, -0.15) is 0 Å². The predicted octanol–water partition coefficient (Wildman–Crippen LogP) is 2.18. The number of hydrogen-bond acceptors (Lipinski definition) is 4. The van der Waals surface area contributed by atoms with E-state index in [1.807, 2.05) is 6.92 Å². The highest BCUT2D eigenvalue weighted by molar-refractivity contribution is 9.10. The standard InChI is InChI=1S/C12H16BrN3O3.ClH/c1-8(14)4-5-15-12(17)6-9-2-3-10(16(18)19)7-11(9)13;/h2-3,7-8H,4-6,14H2,1H3,(H,15,17);1H. The first-order chi connectivity index (χ1) is 8.90. The summed E-state index contributed by atoms with van der Waals surface area (Å²) in [7, 11) is 0. The highest BCUT2D eigenvalue weighted by Gasteiger charge is 2.11. The van der Waals surface area contributed by atoms with E-state index >= 15 is 0 Å². The fraction of sp³-hybridized carbons (Fsp3) is 0.417. The molecule has 1 amide bonds. The van der Waals surface area contributed by atoms with Gasteiger partial charge in [0.05, 0.1) is 11.3 Å². The van der Waals surface area contributed by atoms with Crippen LogP contribution in [0.25, 0.3) is 0 Å². The van der Waals surface area contributed by atoms with Gasteiger partial charge in [-0.1, -0.05) is 22.0 Å². The molecule has 0 heterocycles. The molecule has 0 saturated heterocycles. The summed E-state index contributed by atoms with van der Waals surface area (Å²) in [5.41, 5.74) is 6.28. The first-order valence-electron chi connectivity index (χ1n) is 5.85. The molecular weight excluding hydrogens is 350 g/mol. The van der Waals surface area contributed by atoms with Gasteiger partial charge in [-0.3, -0.25) is 14.9 Å². The summed E-state index contributed by atoms with van der Waals surface area (Å²) in [6.07, 6.45) is 0.894. The Balaban J connectivity index is 0.00000361. The number of carbonyl (C=O) groups is 1. The monoisotopic (exact) mass is 365 g/mol. The number of halogens is 2. The Labute approximate surface area is 131 Å². The minimum atomic E-state index is -0.475. The molecule has 112 valence electrons. The number of rotatable bonds is 6. The van der Waals surface area contributed by atoms with Crippen LogP contribution in [0.4, 0.5) is 5.69 Å². The molecule has 1 aromatic carbocycles. The van der Waals surface area contributed by atoms with Gasteiger partial charge < -0.3 is 11.1 Å². The molecule has 0 bridgehead atoms. The number of nitrogens with zero attached hydrogens (tertiary/aromatic N) is 1. The van der Waals surface area contributed by atoms with E-state index in [2.05, 4.69) is 21.2 Å². The molecule has 1 atom stereocenters. The molecule has 0 spiro atoms. The van der Waals surface area contributed by atoms with Crippen LogP contribution in [0.3, 0.4) is 0 Å². The lowest BCUT2D eigenvalue weighted by Crippen LogP contribution is -2.30. The van der Waals surface area contributed by atoms with E-state index in [1.165, 1.54) is 12.1 Å². The van der Waals surface area contributed by atoms with Crippen LogP contribution < -0.4 is 11.1 Å². The third kappa shape index (κ3) is 6.31. The zero-order chi connectivity index (χ0) is 14.4. The number of hydrogen-bond donors (Lipinski definition) is 2. The van der Waals surface area contributed by atoms with E-state index in [9.17, 15) is 14.9 Å². The van der Waals surface area contributed by atoms with Crippen LogP contribution in [0.15, 0.2) is 22.7 Å². The van der Waals surface area contributed by atoms with Crippen molar-refractivity contribution in [3.05, 3.63) is 38.3 Å². The first-order valence-corrected chi connectivity index (χ1v) is 6.64. The fourth-order valence-corrected chi connectivity index (χ4v) is 1.97. The second-order valence-electron chi connectivity index (χ2n) is 4.33. The average molecular weight is 367 g/mol. The number of nitrogens with two attached hydrogens (primary N) is 1. The van der Waals surface area contributed by atoms with Crippen LogP contribution in [-0.2, 0) is 11.2 Å². The van der Waals surface area contributed by atoms with Gasteiger partial charge in [0.25, 0.3) is 5.69 Å². The topological polar surface area (TPSA) is 98.3 Å². The van der Waals surface area contributed by atoms with Crippen molar-refractivity contribution in [2.24, 2.45) is 5.73 Å². The Morgan fingerprint density at radius 3 is 2.70 bits per heavy atom. The van der Waals surface area contributed by atoms with Crippen molar-refractivity contribution < 1.29 is 9.72 Å². The number of nitrogens with one attached hydrogen (secondary N) is 1. The second kappa shape index (κ2) is 8.89. The molecule has 6 nitrogen and oxygen atoms in total. The molecule has 3 N–H and O–H groups in total. The SMILES string of the molecule is CC(N)CCNC(=O)Cc1ccc([N+](=O)[O-])cc1Br.Cl. The van der Waals surface area contributed by atoms with Gasteiger partial charge in [-0.25, -0.2) is 0 Å². The lowest BCUT2D eigenvalue weighted by Gasteiger charge is -2.08. The molecular formula is C12H17BrClN3O3. The number of non-ortho nitro benzene ring substituents is 1. The van der Waals surface area contributed by atoms with Gasteiger partial charge in [0.15, 0.2) is 0 Å². The molecule has 0 aliphatic heterocycles. The van der Waals surface area contributed by atoms with E-state index in [1.54, 1.807) is 6.07 Å². The van der Waals surface area contributed by atoms with Gasteiger partial charge in [-0.05, 0) is 18.9 Å². The number of nitro benzene ring substituents is 1. The minimum absolute atomic E-state index is 0.